The van der Waals surface area contributed by atoms with Crippen LogP contribution in [0.4, 0.5) is 5.69 Å². The van der Waals surface area contributed by atoms with Crippen LogP contribution < -0.4 is 9.62 Å². The molecule has 2 amide bonds. The van der Waals surface area contributed by atoms with E-state index < -0.39 is 28.5 Å². The van der Waals surface area contributed by atoms with E-state index in [9.17, 15) is 18.0 Å². The molecule has 1 unspecified atom stereocenters. The number of nitrogens with one attached hydrogen (secondary N) is 1. The lowest BCUT2D eigenvalue weighted by molar-refractivity contribution is -0.140. The van der Waals surface area contributed by atoms with Crippen molar-refractivity contribution in [1.82, 2.24) is 10.2 Å². The highest BCUT2D eigenvalue weighted by molar-refractivity contribution is 7.92. The molecule has 0 heterocycles. The van der Waals surface area contributed by atoms with Gasteiger partial charge in [-0.05, 0) is 74.9 Å². The highest BCUT2D eigenvalue weighted by atomic mass is 32.2. The standard InChI is InChI=1S/C34H43N3O4S/c1-5-31(34(39)35-29-14-10-7-11-15-29)36(23-28-12-8-6-9-13-28)33(38)24-37(32-22-26(3)16-19-27(32)4)42(40,41)30-20-17-25(2)18-21-30/h6,8-9,12-13,16-22,29,31H,5,7,10-11,14-15,23-24H2,1-4H3,(H,35,39). The third kappa shape index (κ3) is 7.59. The largest absolute Gasteiger partial charge is 0.352 e. The van der Waals surface area contributed by atoms with E-state index in [0.29, 0.717) is 12.1 Å². The number of amides is 2. The molecule has 0 spiro atoms. The SMILES string of the molecule is CCC(C(=O)NC1CCCCC1)N(Cc1ccccc1)C(=O)CN(c1cc(C)ccc1C)S(=O)(=O)c1ccc(C)cc1. The summed E-state index contributed by atoms with van der Waals surface area (Å²) in [5.41, 5.74) is 3.87. The molecular formula is C34H43N3O4S. The molecule has 1 atom stereocenters. The molecule has 3 aromatic rings. The zero-order valence-electron chi connectivity index (χ0n) is 25.2. The molecule has 1 saturated carbocycles. The Balaban J connectivity index is 1.72. The van der Waals surface area contributed by atoms with Gasteiger partial charge in [0, 0.05) is 12.6 Å². The Kier molecular flexibility index (Phi) is 10.4. The summed E-state index contributed by atoms with van der Waals surface area (Å²) in [6.07, 6.45) is 5.61. The summed E-state index contributed by atoms with van der Waals surface area (Å²) < 4.78 is 29.5. The molecule has 1 N–H and O–H groups in total. The fourth-order valence-corrected chi connectivity index (χ4v) is 7.05. The molecule has 3 aromatic carbocycles. The molecule has 4 rings (SSSR count). The third-order valence-corrected chi connectivity index (χ3v) is 9.83. The van der Waals surface area contributed by atoms with E-state index in [0.717, 1.165) is 47.9 Å². The van der Waals surface area contributed by atoms with Gasteiger partial charge in [0.05, 0.1) is 10.6 Å². The van der Waals surface area contributed by atoms with Crippen molar-refractivity contribution in [2.24, 2.45) is 0 Å². The summed E-state index contributed by atoms with van der Waals surface area (Å²) in [6, 6.07) is 21.1. The van der Waals surface area contributed by atoms with Crippen LogP contribution in [-0.2, 0) is 26.2 Å². The van der Waals surface area contributed by atoms with Crippen molar-refractivity contribution in [2.45, 2.75) is 89.7 Å². The van der Waals surface area contributed by atoms with Crippen LogP contribution in [0.15, 0.2) is 77.7 Å². The smallest absolute Gasteiger partial charge is 0.264 e. The molecule has 0 bridgehead atoms. The summed E-state index contributed by atoms with van der Waals surface area (Å²) in [7, 11) is -4.10. The van der Waals surface area contributed by atoms with Crippen LogP contribution in [0.3, 0.4) is 0 Å². The van der Waals surface area contributed by atoms with Gasteiger partial charge >= 0.3 is 0 Å². The second-order valence-corrected chi connectivity index (χ2v) is 13.3. The first kappa shape index (κ1) is 31.3. The second-order valence-electron chi connectivity index (χ2n) is 11.4. The normalized spacial score (nSPS) is 14.7. The molecule has 8 heteroatoms. The van der Waals surface area contributed by atoms with E-state index >= 15 is 0 Å². The highest BCUT2D eigenvalue weighted by Crippen LogP contribution is 2.29. The monoisotopic (exact) mass is 589 g/mol. The summed E-state index contributed by atoms with van der Waals surface area (Å²) in [4.78, 5) is 29.6. The van der Waals surface area contributed by atoms with E-state index in [2.05, 4.69) is 5.32 Å². The van der Waals surface area contributed by atoms with Crippen molar-refractivity contribution in [3.8, 4) is 0 Å². The van der Waals surface area contributed by atoms with Gasteiger partial charge in [0.2, 0.25) is 11.8 Å². The van der Waals surface area contributed by atoms with Crippen molar-refractivity contribution in [3.05, 3.63) is 95.1 Å². The van der Waals surface area contributed by atoms with Crippen LogP contribution in [0.2, 0.25) is 0 Å². The van der Waals surface area contributed by atoms with Crippen LogP contribution in [-0.4, -0.2) is 43.8 Å². The van der Waals surface area contributed by atoms with Gasteiger partial charge in [-0.1, -0.05) is 86.3 Å². The molecule has 0 aliphatic heterocycles. The average molecular weight is 590 g/mol. The minimum absolute atomic E-state index is 0.0994. The highest BCUT2D eigenvalue weighted by Gasteiger charge is 2.35. The lowest BCUT2D eigenvalue weighted by Crippen LogP contribution is -2.54. The molecule has 0 aromatic heterocycles. The lowest BCUT2D eigenvalue weighted by atomic mass is 9.95. The number of sulfonamides is 1. The van der Waals surface area contributed by atoms with Crippen LogP contribution in [0.1, 0.15) is 67.7 Å². The first-order chi connectivity index (χ1) is 20.1. The quantitative estimate of drug-likeness (QED) is 0.294. The molecule has 1 aliphatic rings. The molecular weight excluding hydrogens is 546 g/mol. The number of nitrogens with zero attached hydrogens (tertiary/aromatic N) is 2. The average Bonchev–Trinajstić information content (AvgIpc) is 2.98. The maximum Gasteiger partial charge on any atom is 0.264 e. The Morgan fingerprint density at radius 3 is 2.17 bits per heavy atom. The van der Waals surface area contributed by atoms with E-state index in [1.54, 1.807) is 35.2 Å². The fourth-order valence-electron chi connectivity index (χ4n) is 5.58. The Labute approximate surface area is 251 Å². The van der Waals surface area contributed by atoms with Crippen LogP contribution in [0.25, 0.3) is 0 Å². The van der Waals surface area contributed by atoms with Gasteiger partial charge in [-0.15, -0.1) is 0 Å². The maximum atomic E-state index is 14.3. The zero-order chi connectivity index (χ0) is 30.3. The Hall–Kier alpha value is -3.65. The predicted octanol–water partition coefficient (Wildman–Crippen LogP) is 6.06. The molecule has 0 saturated heterocycles. The zero-order valence-corrected chi connectivity index (χ0v) is 26.0. The molecule has 7 nitrogen and oxygen atoms in total. The van der Waals surface area contributed by atoms with E-state index in [4.69, 9.17) is 0 Å². The van der Waals surface area contributed by atoms with Crippen LogP contribution in [0.5, 0.6) is 0 Å². The van der Waals surface area contributed by atoms with Crippen LogP contribution in [0, 0.1) is 20.8 Å². The molecule has 0 radical (unpaired) electrons. The Bertz CT molecular complexity index is 1470. The number of benzene rings is 3. The van der Waals surface area contributed by atoms with E-state index in [1.807, 2.05) is 70.2 Å². The first-order valence-corrected chi connectivity index (χ1v) is 16.3. The minimum atomic E-state index is -4.10. The van der Waals surface area contributed by atoms with Crippen molar-refractivity contribution < 1.29 is 18.0 Å². The number of carbonyl (C=O) groups excluding carboxylic acids is 2. The number of carbonyl (C=O) groups is 2. The van der Waals surface area contributed by atoms with Gasteiger partial charge in [0.1, 0.15) is 12.6 Å². The Morgan fingerprint density at radius 1 is 0.881 bits per heavy atom. The van der Waals surface area contributed by atoms with Crippen LogP contribution >= 0.6 is 0 Å². The Morgan fingerprint density at radius 2 is 1.52 bits per heavy atom. The number of anilines is 1. The van der Waals surface area contributed by atoms with Crippen molar-refractivity contribution in [2.75, 3.05) is 10.8 Å². The maximum absolute atomic E-state index is 14.3. The summed E-state index contributed by atoms with van der Waals surface area (Å²) >= 11 is 0. The topological polar surface area (TPSA) is 86.8 Å². The van der Waals surface area contributed by atoms with Crippen molar-refractivity contribution in [1.29, 1.82) is 0 Å². The molecule has 1 fully saturated rings. The molecule has 1 aliphatic carbocycles. The number of hydrogen-bond donors (Lipinski definition) is 1. The van der Waals surface area contributed by atoms with Gasteiger partial charge < -0.3 is 10.2 Å². The lowest BCUT2D eigenvalue weighted by Gasteiger charge is -2.34. The molecule has 224 valence electrons. The predicted molar refractivity (Wildman–Crippen MR) is 168 cm³/mol. The van der Waals surface area contributed by atoms with Crippen molar-refractivity contribution >= 4 is 27.5 Å². The molecule has 42 heavy (non-hydrogen) atoms. The first-order valence-electron chi connectivity index (χ1n) is 14.9. The second kappa shape index (κ2) is 14.0. The number of rotatable bonds is 11. The number of aryl methyl sites for hydroxylation is 3. The number of hydrogen-bond acceptors (Lipinski definition) is 4. The van der Waals surface area contributed by atoms with Gasteiger partial charge in [-0.25, -0.2) is 8.42 Å². The summed E-state index contributed by atoms with van der Waals surface area (Å²) in [5, 5.41) is 3.19. The van der Waals surface area contributed by atoms with Crippen molar-refractivity contribution in [3.63, 3.8) is 0 Å². The van der Waals surface area contributed by atoms with E-state index in [1.165, 1.54) is 10.7 Å². The van der Waals surface area contributed by atoms with Gasteiger partial charge in [-0.2, -0.15) is 0 Å². The summed E-state index contributed by atoms with van der Waals surface area (Å²) in [5.74, 6) is -0.616. The van der Waals surface area contributed by atoms with Gasteiger partial charge in [0.15, 0.2) is 0 Å². The van der Waals surface area contributed by atoms with Gasteiger partial charge in [-0.3, -0.25) is 13.9 Å². The van der Waals surface area contributed by atoms with E-state index in [-0.39, 0.29) is 23.4 Å². The fraction of sp³-hybridized carbons (Fsp3) is 0.412. The minimum Gasteiger partial charge on any atom is -0.352 e. The summed E-state index contributed by atoms with van der Waals surface area (Å²) in [6.45, 7) is 7.29. The van der Waals surface area contributed by atoms with Gasteiger partial charge in [0.25, 0.3) is 10.0 Å². The third-order valence-electron chi connectivity index (χ3n) is 8.05.